The fraction of sp³-hybridized carbons (Fsp3) is 0.526. The Kier molecular flexibility index (Phi) is 3.66. The predicted octanol–water partition coefficient (Wildman–Crippen LogP) is 2.60. The van der Waals surface area contributed by atoms with Gasteiger partial charge in [0.1, 0.15) is 5.82 Å². The molecule has 1 aliphatic heterocycles. The molecule has 126 valence electrons. The van der Waals surface area contributed by atoms with Crippen LogP contribution < -0.4 is 0 Å². The summed E-state index contributed by atoms with van der Waals surface area (Å²) in [7, 11) is 0. The minimum absolute atomic E-state index is 0.146. The fourth-order valence-electron chi connectivity index (χ4n) is 3.73. The molecule has 1 aliphatic carbocycles. The molecular formula is C19H24N4O. The molecule has 24 heavy (non-hydrogen) atoms. The number of hydrogen-bond acceptors (Lipinski definition) is 3. The average molecular weight is 324 g/mol. The summed E-state index contributed by atoms with van der Waals surface area (Å²) in [6.07, 6.45) is 1.86. The zero-order valence-electron chi connectivity index (χ0n) is 14.6. The fourth-order valence-corrected chi connectivity index (χ4v) is 3.73. The van der Waals surface area contributed by atoms with Crippen LogP contribution in [0.2, 0.25) is 0 Å². The standard InChI is InChI=1S/C19H24N4O/c1-4-17-20-21-18-11-22(7-8-23(17)18)19(24)16-10-15(16)14-6-5-12(2)13(3)9-14/h5-6,9,15-16H,4,7-8,10-11H2,1-3H3. The molecule has 0 bridgehead atoms. The Morgan fingerprint density at radius 1 is 1.21 bits per heavy atom. The maximum Gasteiger partial charge on any atom is 0.226 e. The number of aromatic nitrogens is 3. The van der Waals surface area contributed by atoms with Crippen molar-refractivity contribution in [1.82, 2.24) is 19.7 Å². The first kappa shape index (κ1) is 15.4. The summed E-state index contributed by atoms with van der Waals surface area (Å²) in [6.45, 7) is 8.55. The second kappa shape index (κ2) is 5.72. The summed E-state index contributed by atoms with van der Waals surface area (Å²) in [5.41, 5.74) is 3.93. The Labute approximate surface area is 142 Å². The highest BCUT2D eigenvalue weighted by Crippen LogP contribution is 2.49. The van der Waals surface area contributed by atoms with Crippen molar-refractivity contribution in [2.75, 3.05) is 6.54 Å². The normalized spacial score (nSPS) is 22.4. The van der Waals surface area contributed by atoms with Crippen molar-refractivity contribution in [1.29, 1.82) is 0 Å². The third kappa shape index (κ3) is 2.52. The van der Waals surface area contributed by atoms with Gasteiger partial charge in [-0.05, 0) is 42.9 Å². The molecule has 5 heteroatoms. The zero-order valence-corrected chi connectivity index (χ0v) is 14.6. The van der Waals surface area contributed by atoms with E-state index in [2.05, 4.69) is 53.7 Å². The van der Waals surface area contributed by atoms with E-state index in [0.717, 1.165) is 37.6 Å². The van der Waals surface area contributed by atoms with Crippen LogP contribution >= 0.6 is 0 Å². The van der Waals surface area contributed by atoms with E-state index in [1.165, 1.54) is 16.7 Å². The van der Waals surface area contributed by atoms with Crippen LogP contribution in [0, 0.1) is 19.8 Å². The summed E-state index contributed by atoms with van der Waals surface area (Å²) in [4.78, 5) is 14.8. The van der Waals surface area contributed by atoms with Gasteiger partial charge in [-0.15, -0.1) is 10.2 Å². The minimum Gasteiger partial charge on any atom is -0.333 e. The lowest BCUT2D eigenvalue weighted by molar-refractivity contribution is -0.134. The Morgan fingerprint density at radius 3 is 2.79 bits per heavy atom. The van der Waals surface area contributed by atoms with Gasteiger partial charge in [-0.2, -0.15) is 0 Å². The van der Waals surface area contributed by atoms with E-state index in [1.807, 2.05) is 4.90 Å². The van der Waals surface area contributed by atoms with E-state index in [0.29, 0.717) is 12.5 Å². The number of rotatable bonds is 3. The number of amides is 1. The molecule has 4 rings (SSSR count). The van der Waals surface area contributed by atoms with Crippen LogP contribution in [0.3, 0.4) is 0 Å². The van der Waals surface area contributed by atoms with Gasteiger partial charge < -0.3 is 9.47 Å². The van der Waals surface area contributed by atoms with E-state index < -0.39 is 0 Å². The monoisotopic (exact) mass is 324 g/mol. The number of hydrogen-bond donors (Lipinski definition) is 0. The number of carbonyl (C=O) groups is 1. The summed E-state index contributed by atoms with van der Waals surface area (Å²) in [5, 5.41) is 8.48. The van der Waals surface area contributed by atoms with Crippen LogP contribution in [0.4, 0.5) is 0 Å². The molecule has 1 saturated carbocycles. The van der Waals surface area contributed by atoms with Gasteiger partial charge in [0.2, 0.25) is 5.91 Å². The second-order valence-corrected chi connectivity index (χ2v) is 7.09. The first-order valence-electron chi connectivity index (χ1n) is 8.85. The molecule has 0 spiro atoms. The third-order valence-electron chi connectivity index (χ3n) is 5.52. The van der Waals surface area contributed by atoms with Gasteiger partial charge in [0.15, 0.2) is 5.82 Å². The predicted molar refractivity (Wildman–Crippen MR) is 91.6 cm³/mol. The maximum absolute atomic E-state index is 12.9. The van der Waals surface area contributed by atoms with Crippen molar-refractivity contribution in [3.8, 4) is 0 Å². The lowest BCUT2D eigenvalue weighted by Gasteiger charge is -2.28. The second-order valence-electron chi connectivity index (χ2n) is 7.09. The minimum atomic E-state index is 0.146. The van der Waals surface area contributed by atoms with Crippen molar-refractivity contribution < 1.29 is 4.79 Å². The summed E-state index contributed by atoms with van der Waals surface area (Å²) in [5.74, 6) is 2.77. The molecular weight excluding hydrogens is 300 g/mol. The Bertz CT molecular complexity index is 795. The van der Waals surface area contributed by atoms with Crippen molar-refractivity contribution in [2.24, 2.45) is 5.92 Å². The summed E-state index contributed by atoms with van der Waals surface area (Å²) in [6, 6.07) is 6.59. The van der Waals surface area contributed by atoms with Gasteiger partial charge in [-0.25, -0.2) is 0 Å². The molecule has 2 atom stereocenters. The van der Waals surface area contributed by atoms with Crippen LogP contribution in [-0.4, -0.2) is 32.1 Å². The number of fused-ring (bicyclic) bond motifs is 1. The van der Waals surface area contributed by atoms with Crippen LogP contribution in [-0.2, 0) is 24.3 Å². The number of benzene rings is 1. The molecule has 2 aromatic rings. The van der Waals surface area contributed by atoms with E-state index in [1.54, 1.807) is 0 Å². The molecule has 2 aliphatic rings. The molecule has 0 saturated heterocycles. The van der Waals surface area contributed by atoms with Crippen LogP contribution in [0.25, 0.3) is 0 Å². The first-order chi connectivity index (χ1) is 11.6. The third-order valence-corrected chi connectivity index (χ3v) is 5.52. The average Bonchev–Trinajstić information content (AvgIpc) is 3.28. The highest BCUT2D eigenvalue weighted by atomic mass is 16.2. The van der Waals surface area contributed by atoms with Crippen LogP contribution in [0.5, 0.6) is 0 Å². The number of nitrogens with zero attached hydrogens (tertiary/aromatic N) is 4. The van der Waals surface area contributed by atoms with Gasteiger partial charge in [0, 0.05) is 25.4 Å². The molecule has 2 heterocycles. The van der Waals surface area contributed by atoms with E-state index >= 15 is 0 Å². The Hall–Kier alpha value is -2.17. The van der Waals surface area contributed by atoms with Crippen molar-refractivity contribution in [3.05, 3.63) is 46.5 Å². The number of carbonyl (C=O) groups excluding carboxylic acids is 1. The van der Waals surface area contributed by atoms with E-state index in [4.69, 9.17) is 0 Å². The van der Waals surface area contributed by atoms with Gasteiger partial charge in [0.05, 0.1) is 6.54 Å². The van der Waals surface area contributed by atoms with Crippen molar-refractivity contribution in [2.45, 2.75) is 52.6 Å². The molecule has 1 amide bonds. The van der Waals surface area contributed by atoms with E-state index in [-0.39, 0.29) is 11.8 Å². The molecule has 1 aromatic carbocycles. The molecule has 5 nitrogen and oxygen atoms in total. The van der Waals surface area contributed by atoms with Gasteiger partial charge in [-0.1, -0.05) is 25.1 Å². The Morgan fingerprint density at radius 2 is 2.04 bits per heavy atom. The summed E-state index contributed by atoms with van der Waals surface area (Å²) < 4.78 is 2.16. The smallest absolute Gasteiger partial charge is 0.226 e. The lowest BCUT2D eigenvalue weighted by Crippen LogP contribution is -2.39. The Balaban J connectivity index is 1.45. The first-order valence-corrected chi connectivity index (χ1v) is 8.85. The molecule has 0 N–H and O–H groups in total. The van der Waals surface area contributed by atoms with Crippen LogP contribution in [0.1, 0.15) is 47.6 Å². The van der Waals surface area contributed by atoms with Crippen molar-refractivity contribution in [3.63, 3.8) is 0 Å². The topological polar surface area (TPSA) is 51.0 Å². The molecule has 0 radical (unpaired) electrons. The highest BCUT2D eigenvalue weighted by molar-refractivity contribution is 5.83. The highest BCUT2D eigenvalue weighted by Gasteiger charge is 2.46. The quantitative estimate of drug-likeness (QED) is 0.872. The zero-order chi connectivity index (χ0) is 16.8. The van der Waals surface area contributed by atoms with Gasteiger partial charge >= 0.3 is 0 Å². The van der Waals surface area contributed by atoms with E-state index in [9.17, 15) is 4.79 Å². The molecule has 1 fully saturated rings. The lowest BCUT2D eigenvalue weighted by atomic mass is 10.0. The summed E-state index contributed by atoms with van der Waals surface area (Å²) >= 11 is 0. The van der Waals surface area contributed by atoms with Gasteiger partial charge in [-0.3, -0.25) is 4.79 Å². The maximum atomic E-state index is 12.9. The number of aryl methyl sites for hydroxylation is 3. The van der Waals surface area contributed by atoms with Crippen molar-refractivity contribution >= 4 is 5.91 Å². The SMILES string of the molecule is CCc1nnc2n1CCN(C(=O)C1CC1c1ccc(C)c(C)c1)C2. The molecule has 2 unspecified atom stereocenters. The van der Waals surface area contributed by atoms with Gasteiger partial charge in [0.25, 0.3) is 0 Å². The molecule has 1 aromatic heterocycles. The largest absolute Gasteiger partial charge is 0.333 e. The van der Waals surface area contributed by atoms with Crippen LogP contribution in [0.15, 0.2) is 18.2 Å².